The summed E-state index contributed by atoms with van der Waals surface area (Å²) in [6, 6.07) is 14.5. The highest BCUT2D eigenvalue weighted by atomic mass is 32.2. The monoisotopic (exact) mass is 528 g/mol. The average molecular weight is 529 g/mol. The van der Waals surface area contributed by atoms with Crippen LogP contribution in [-0.2, 0) is 14.8 Å². The number of nitrogens with zero attached hydrogens (tertiary/aromatic N) is 1. The fourth-order valence-corrected chi connectivity index (χ4v) is 4.45. The number of carbonyl (C=O) groups excluding carboxylic acids is 1. The minimum atomic E-state index is -3.98. The van der Waals surface area contributed by atoms with E-state index in [1.807, 2.05) is 13.8 Å². The first-order valence-corrected chi connectivity index (χ1v) is 13.0. The van der Waals surface area contributed by atoms with Crippen LogP contribution >= 0.6 is 0 Å². The van der Waals surface area contributed by atoms with Crippen LogP contribution in [0.15, 0.2) is 65.6 Å². The molecule has 3 aromatic carbocycles. The first-order chi connectivity index (χ1) is 17.6. The maximum absolute atomic E-state index is 12.8. The summed E-state index contributed by atoms with van der Waals surface area (Å²) in [5.41, 5.74) is 0.633. The third-order valence-electron chi connectivity index (χ3n) is 5.34. The number of nitro benzene ring substituents is 1. The third-order valence-corrected chi connectivity index (χ3v) is 6.72. The second kappa shape index (κ2) is 12.2. The first-order valence-electron chi connectivity index (χ1n) is 11.6. The number of aryl methyl sites for hydroxylation is 1. The summed E-state index contributed by atoms with van der Waals surface area (Å²) in [5, 5.41) is 11.4. The molecule has 0 saturated heterocycles. The molecule has 11 heteroatoms. The van der Waals surface area contributed by atoms with E-state index in [4.69, 9.17) is 14.2 Å². The summed E-state index contributed by atoms with van der Waals surface area (Å²) in [5.74, 6) is -0.297. The van der Waals surface area contributed by atoms with Gasteiger partial charge in [-0.05, 0) is 49.7 Å². The number of benzene rings is 3. The van der Waals surface area contributed by atoms with Crippen molar-refractivity contribution in [2.24, 2.45) is 0 Å². The predicted octanol–water partition coefficient (Wildman–Crippen LogP) is 5.85. The van der Waals surface area contributed by atoms with E-state index in [9.17, 15) is 23.3 Å². The lowest BCUT2D eigenvalue weighted by atomic mass is 10.1. The minimum absolute atomic E-state index is 0.00317. The number of methoxy groups -OCH3 is 1. The van der Waals surface area contributed by atoms with Crippen molar-refractivity contribution in [3.63, 3.8) is 0 Å². The van der Waals surface area contributed by atoms with Crippen LogP contribution in [-0.4, -0.2) is 33.0 Å². The van der Waals surface area contributed by atoms with Crippen molar-refractivity contribution in [1.29, 1.82) is 0 Å². The van der Waals surface area contributed by atoms with Crippen LogP contribution in [0.1, 0.15) is 42.1 Å². The number of unbranched alkanes of at least 4 members (excludes halogenated alkanes) is 2. The lowest BCUT2D eigenvalue weighted by Crippen LogP contribution is -2.16. The van der Waals surface area contributed by atoms with E-state index in [0.717, 1.165) is 24.8 Å². The molecule has 0 aliphatic carbocycles. The quantitative estimate of drug-likeness (QED) is 0.134. The molecule has 0 saturated carbocycles. The zero-order valence-electron chi connectivity index (χ0n) is 20.7. The molecule has 0 radical (unpaired) electrons. The number of anilines is 1. The van der Waals surface area contributed by atoms with Crippen LogP contribution in [0.2, 0.25) is 0 Å². The molecule has 0 aromatic heterocycles. The summed E-state index contributed by atoms with van der Waals surface area (Å²) in [6.45, 7) is 4.20. The SMILES string of the molecule is CCCCCOc1cc(Oc2ccc(NS(=O)(=O)c3ccc(C)cc3)c(C(=O)OC)c2)ccc1[N+](=O)[O-]. The highest BCUT2D eigenvalue weighted by Crippen LogP contribution is 2.35. The van der Waals surface area contributed by atoms with Gasteiger partial charge in [0, 0.05) is 12.1 Å². The van der Waals surface area contributed by atoms with Crippen molar-refractivity contribution in [3.05, 3.63) is 81.9 Å². The van der Waals surface area contributed by atoms with Crippen molar-refractivity contribution in [2.75, 3.05) is 18.4 Å². The van der Waals surface area contributed by atoms with Crippen LogP contribution in [0.25, 0.3) is 0 Å². The number of esters is 1. The van der Waals surface area contributed by atoms with E-state index in [2.05, 4.69) is 4.72 Å². The van der Waals surface area contributed by atoms with Gasteiger partial charge in [0.15, 0.2) is 0 Å². The van der Waals surface area contributed by atoms with Crippen LogP contribution in [0.5, 0.6) is 17.2 Å². The van der Waals surface area contributed by atoms with Crippen LogP contribution in [0, 0.1) is 17.0 Å². The van der Waals surface area contributed by atoms with E-state index in [0.29, 0.717) is 6.61 Å². The molecule has 0 aliphatic rings. The average Bonchev–Trinajstić information content (AvgIpc) is 2.87. The molecule has 0 heterocycles. The first kappa shape index (κ1) is 27.5. The van der Waals surface area contributed by atoms with Gasteiger partial charge in [-0.3, -0.25) is 14.8 Å². The highest BCUT2D eigenvalue weighted by molar-refractivity contribution is 7.92. The maximum atomic E-state index is 12.8. The standard InChI is InChI=1S/C26H28N2O8S/c1-4-5-6-15-35-25-17-20(10-14-24(25)28(30)31)36-19-9-13-23(22(16-19)26(29)34-3)27-37(32,33)21-11-7-18(2)8-12-21/h7-14,16-17,27H,4-6,15H2,1-3H3. The van der Waals surface area contributed by atoms with Gasteiger partial charge in [-0.15, -0.1) is 0 Å². The van der Waals surface area contributed by atoms with Gasteiger partial charge in [0.25, 0.3) is 10.0 Å². The smallest absolute Gasteiger partial charge is 0.340 e. The molecule has 0 spiro atoms. The predicted molar refractivity (Wildman–Crippen MR) is 138 cm³/mol. The zero-order chi connectivity index (χ0) is 27.0. The number of nitro groups is 1. The Bertz CT molecular complexity index is 1370. The fraction of sp³-hybridized carbons (Fsp3) is 0.269. The van der Waals surface area contributed by atoms with Gasteiger partial charge in [0.1, 0.15) is 11.5 Å². The molecular weight excluding hydrogens is 500 g/mol. The Hall–Kier alpha value is -4.12. The molecule has 0 atom stereocenters. The molecule has 3 rings (SSSR count). The van der Waals surface area contributed by atoms with Crippen LogP contribution in [0.4, 0.5) is 11.4 Å². The number of hydrogen-bond donors (Lipinski definition) is 1. The number of hydrogen-bond acceptors (Lipinski definition) is 8. The Kier molecular flexibility index (Phi) is 9.07. The fourth-order valence-electron chi connectivity index (χ4n) is 3.37. The highest BCUT2D eigenvalue weighted by Gasteiger charge is 2.21. The third kappa shape index (κ3) is 7.20. The number of rotatable bonds is 12. The molecule has 0 unspecified atom stereocenters. The molecular formula is C26H28N2O8S. The Morgan fingerprint density at radius 1 is 1.00 bits per heavy atom. The Morgan fingerprint density at radius 2 is 1.68 bits per heavy atom. The van der Waals surface area contributed by atoms with Gasteiger partial charge in [-0.25, -0.2) is 13.2 Å². The van der Waals surface area contributed by atoms with Gasteiger partial charge < -0.3 is 14.2 Å². The van der Waals surface area contributed by atoms with E-state index in [1.165, 1.54) is 55.6 Å². The normalized spacial score (nSPS) is 11.0. The lowest BCUT2D eigenvalue weighted by Gasteiger charge is -2.14. The molecule has 10 nitrogen and oxygen atoms in total. The molecule has 196 valence electrons. The summed E-state index contributed by atoms with van der Waals surface area (Å²) >= 11 is 0. The van der Waals surface area contributed by atoms with Gasteiger partial charge in [0.05, 0.1) is 34.8 Å². The van der Waals surface area contributed by atoms with E-state index >= 15 is 0 Å². The van der Waals surface area contributed by atoms with Crippen molar-refractivity contribution in [2.45, 2.75) is 38.0 Å². The molecule has 1 N–H and O–H groups in total. The van der Waals surface area contributed by atoms with Crippen molar-refractivity contribution in [3.8, 4) is 17.2 Å². The Morgan fingerprint density at radius 3 is 2.32 bits per heavy atom. The minimum Gasteiger partial charge on any atom is -0.487 e. The Labute approximate surface area is 215 Å². The second-order valence-electron chi connectivity index (χ2n) is 8.16. The van der Waals surface area contributed by atoms with Crippen LogP contribution in [0.3, 0.4) is 0 Å². The van der Waals surface area contributed by atoms with E-state index < -0.39 is 20.9 Å². The van der Waals surface area contributed by atoms with E-state index in [1.54, 1.807) is 12.1 Å². The van der Waals surface area contributed by atoms with E-state index in [-0.39, 0.29) is 39.1 Å². The number of ether oxygens (including phenoxy) is 3. The van der Waals surface area contributed by atoms with Gasteiger partial charge >= 0.3 is 11.7 Å². The zero-order valence-corrected chi connectivity index (χ0v) is 21.5. The lowest BCUT2D eigenvalue weighted by molar-refractivity contribution is -0.385. The summed E-state index contributed by atoms with van der Waals surface area (Å²) in [6.07, 6.45) is 2.66. The van der Waals surface area contributed by atoms with Crippen LogP contribution < -0.4 is 14.2 Å². The van der Waals surface area contributed by atoms with Gasteiger partial charge in [-0.2, -0.15) is 0 Å². The van der Waals surface area contributed by atoms with Crippen molar-refractivity contribution in [1.82, 2.24) is 0 Å². The molecule has 3 aromatic rings. The van der Waals surface area contributed by atoms with Gasteiger partial charge in [-0.1, -0.05) is 37.5 Å². The molecule has 0 fully saturated rings. The van der Waals surface area contributed by atoms with Gasteiger partial charge in [0.2, 0.25) is 5.75 Å². The summed E-state index contributed by atoms with van der Waals surface area (Å²) < 4.78 is 44.3. The summed E-state index contributed by atoms with van der Waals surface area (Å²) in [4.78, 5) is 23.3. The molecule has 0 amide bonds. The largest absolute Gasteiger partial charge is 0.487 e. The topological polar surface area (TPSA) is 134 Å². The molecule has 0 bridgehead atoms. The molecule has 37 heavy (non-hydrogen) atoms. The number of sulfonamides is 1. The number of nitrogens with one attached hydrogen (secondary N) is 1. The van der Waals surface area contributed by atoms with Crippen molar-refractivity contribution < 1.29 is 32.3 Å². The Balaban J connectivity index is 1.88. The maximum Gasteiger partial charge on any atom is 0.340 e. The summed E-state index contributed by atoms with van der Waals surface area (Å²) in [7, 11) is -2.80. The second-order valence-corrected chi connectivity index (χ2v) is 9.84. The molecule has 0 aliphatic heterocycles. The van der Waals surface area contributed by atoms with Crippen molar-refractivity contribution >= 4 is 27.4 Å². The number of carbonyl (C=O) groups is 1.